The highest BCUT2D eigenvalue weighted by atomic mass is 16.6. The van der Waals surface area contributed by atoms with Crippen LogP contribution in [-0.4, -0.2) is 57.5 Å². The van der Waals surface area contributed by atoms with Crippen molar-refractivity contribution in [1.29, 1.82) is 0 Å². The molecule has 8 nitrogen and oxygen atoms in total. The molecule has 0 aliphatic carbocycles. The number of hydrogen-bond acceptors (Lipinski definition) is 7. The number of benzene rings is 1. The molecule has 0 saturated heterocycles. The Labute approximate surface area is 128 Å². The third-order valence-corrected chi connectivity index (χ3v) is 2.47. The first-order valence-corrected chi connectivity index (χ1v) is 6.78. The number of nitro groups is 1. The highest BCUT2D eigenvalue weighted by Crippen LogP contribution is 2.16. The van der Waals surface area contributed by atoms with Crippen molar-refractivity contribution in [2.75, 3.05) is 46.2 Å². The van der Waals surface area contributed by atoms with E-state index in [9.17, 15) is 14.9 Å². The lowest BCUT2D eigenvalue weighted by Gasteiger charge is -2.07. The second-order valence-corrected chi connectivity index (χ2v) is 4.07. The molecule has 0 spiro atoms. The van der Waals surface area contributed by atoms with E-state index in [1.807, 2.05) is 0 Å². The van der Waals surface area contributed by atoms with Gasteiger partial charge in [0, 0.05) is 12.1 Å². The summed E-state index contributed by atoms with van der Waals surface area (Å²) in [7, 11) is 0. The topological polar surface area (TPSA) is 97.1 Å². The summed E-state index contributed by atoms with van der Waals surface area (Å²) in [5.41, 5.74) is 0.0258. The van der Waals surface area contributed by atoms with Crippen LogP contribution in [-0.2, 0) is 19.0 Å². The smallest absolute Gasteiger partial charge is 0.269 e. The minimum Gasteiger partial charge on any atom is -0.491 e. The van der Waals surface area contributed by atoms with Crippen LogP contribution in [0.2, 0.25) is 0 Å². The van der Waals surface area contributed by atoms with E-state index < -0.39 is 4.92 Å². The molecule has 22 heavy (non-hydrogen) atoms. The van der Waals surface area contributed by atoms with Crippen LogP contribution in [0, 0.1) is 10.1 Å². The molecule has 1 aromatic rings. The number of non-ortho nitro benzene ring substituents is 1. The fraction of sp³-hybridized carbons (Fsp3) is 0.500. The average Bonchev–Trinajstić information content (AvgIpc) is 2.53. The van der Waals surface area contributed by atoms with Gasteiger partial charge in [-0.2, -0.15) is 0 Å². The molecule has 0 aliphatic heterocycles. The van der Waals surface area contributed by atoms with Crippen molar-refractivity contribution in [1.82, 2.24) is 0 Å². The molecular weight excluding hydrogens is 294 g/mol. The van der Waals surface area contributed by atoms with E-state index in [2.05, 4.69) is 0 Å². The quantitative estimate of drug-likeness (QED) is 0.234. The van der Waals surface area contributed by atoms with Crippen molar-refractivity contribution in [3.05, 3.63) is 34.4 Å². The molecule has 0 unspecified atom stereocenters. The highest BCUT2D eigenvalue weighted by Gasteiger charge is 2.03. The summed E-state index contributed by atoms with van der Waals surface area (Å²) in [6, 6.07) is 5.86. The van der Waals surface area contributed by atoms with E-state index in [1.165, 1.54) is 12.1 Å². The Morgan fingerprint density at radius 2 is 1.45 bits per heavy atom. The van der Waals surface area contributed by atoms with Crippen molar-refractivity contribution >= 4 is 12.0 Å². The summed E-state index contributed by atoms with van der Waals surface area (Å²) in [4.78, 5) is 20.0. The molecule has 1 aromatic carbocycles. The van der Waals surface area contributed by atoms with E-state index in [4.69, 9.17) is 18.9 Å². The Morgan fingerprint density at radius 1 is 0.909 bits per heavy atom. The zero-order valence-corrected chi connectivity index (χ0v) is 12.1. The van der Waals surface area contributed by atoms with E-state index in [0.717, 1.165) is 0 Å². The fourth-order valence-electron chi connectivity index (χ4n) is 1.45. The second kappa shape index (κ2) is 11.6. The lowest BCUT2D eigenvalue weighted by Crippen LogP contribution is -2.13. The van der Waals surface area contributed by atoms with Gasteiger partial charge in [0.05, 0.1) is 38.0 Å². The zero-order valence-electron chi connectivity index (χ0n) is 12.1. The number of carbonyl (C=O) groups excluding carboxylic acids is 1. The maximum Gasteiger partial charge on any atom is 0.269 e. The van der Waals surface area contributed by atoms with Crippen LogP contribution >= 0.6 is 0 Å². The fourth-order valence-corrected chi connectivity index (χ4v) is 1.45. The van der Waals surface area contributed by atoms with Crippen LogP contribution in [0.5, 0.6) is 5.75 Å². The van der Waals surface area contributed by atoms with Gasteiger partial charge in [0.15, 0.2) is 0 Å². The first-order valence-electron chi connectivity index (χ1n) is 6.78. The summed E-state index contributed by atoms with van der Waals surface area (Å²) in [5, 5.41) is 10.5. The Bertz CT molecular complexity index is 435. The van der Waals surface area contributed by atoms with Gasteiger partial charge < -0.3 is 23.7 Å². The molecule has 1 rings (SSSR count). The van der Waals surface area contributed by atoms with Gasteiger partial charge in [-0.25, -0.2) is 0 Å². The lowest BCUT2D eigenvalue weighted by atomic mass is 10.3. The van der Waals surface area contributed by atoms with Gasteiger partial charge in [0.2, 0.25) is 0 Å². The summed E-state index contributed by atoms with van der Waals surface area (Å²) in [6.45, 7) is 2.47. The Balaban J connectivity index is 1.95. The monoisotopic (exact) mass is 313 g/mol. The first-order chi connectivity index (χ1) is 10.7. The lowest BCUT2D eigenvalue weighted by molar-refractivity contribution is -0.384. The van der Waals surface area contributed by atoms with Gasteiger partial charge in [-0.05, 0) is 12.1 Å². The molecule has 0 aromatic heterocycles. The maximum absolute atomic E-state index is 10.5. The molecule has 0 bridgehead atoms. The molecule has 8 heteroatoms. The number of hydrogen-bond donors (Lipinski definition) is 0. The summed E-state index contributed by atoms with van der Waals surface area (Å²) in [5.74, 6) is 0.553. The van der Waals surface area contributed by atoms with Crippen LogP contribution in [0.25, 0.3) is 0 Å². The van der Waals surface area contributed by atoms with Gasteiger partial charge in [-0.1, -0.05) is 0 Å². The Morgan fingerprint density at radius 3 is 2.00 bits per heavy atom. The first kappa shape index (κ1) is 18.0. The predicted molar refractivity (Wildman–Crippen MR) is 77.1 cm³/mol. The molecule has 0 atom stereocenters. The van der Waals surface area contributed by atoms with Crippen LogP contribution in [0.3, 0.4) is 0 Å². The SMILES string of the molecule is O=CCOCCOCCOCCOc1ccc([N+](=O)[O-])cc1. The Hall–Kier alpha value is -2.03. The number of nitrogens with zero attached hydrogens (tertiary/aromatic N) is 1. The van der Waals surface area contributed by atoms with Crippen LogP contribution < -0.4 is 4.74 Å². The van der Waals surface area contributed by atoms with Crippen LogP contribution in [0.4, 0.5) is 5.69 Å². The van der Waals surface area contributed by atoms with Gasteiger partial charge in [-0.3, -0.25) is 10.1 Å². The predicted octanol–water partition coefficient (Wildman–Crippen LogP) is 1.22. The normalized spacial score (nSPS) is 10.4. The molecule has 0 radical (unpaired) electrons. The second-order valence-electron chi connectivity index (χ2n) is 4.07. The van der Waals surface area contributed by atoms with Crippen LogP contribution in [0.1, 0.15) is 0 Å². The Kier molecular flexibility index (Phi) is 9.51. The van der Waals surface area contributed by atoms with E-state index in [1.54, 1.807) is 12.1 Å². The largest absolute Gasteiger partial charge is 0.491 e. The summed E-state index contributed by atoms with van der Waals surface area (Å²) >= 11 is 0. The number of aldehydes is 1. The van der Waals surface area contributed by atoms with E-state index in [-0.39, 0.29) is 12.3 Å². The van der Waals surface area contributed by atoms with Crippen LogP contribution in [0.15, 0.2) is 24.3 Å². The zero-order chi connectivity index (χ0) is 16.0. The standard InChI is InChI=1S/C14H19NO7/c16-5-6-19-7-8-20-9-10-21-11-12-22-14-3-1-13(2-4-14)15(17)18/h1-5H,6-12H2. The molecule has 0 saturated carbocycles. The van der Waals surface area contributed by atoms with Gasteiger partial charge in [0.25, 0.3) is 5.69 Å². The van der Waals surface area contributed by atoms with E-state index in [0.29, 0.717) is 51.7 Å². The summed E-state index contributed by atoms with van der Waals surface area (Å²) < 4.78 is 20.8. The molecular formula is C14H19NO7. The molecule has 122 valence electrons. The van der Waals surface area contributed by atoms with Gasteiger partial charge in [0.1, 0.15) is 25.2 Å². The van der Waals surface area contributed by atoms with Gasteiger partial charge >= 0.3 is 0 Å². The van der Waals surface area contributed by atoms with Crippen molar-refractivity contribution in [3.8, 4) is 5.75 Å². The molecule has 0 aliphatic rings. The van der Waals surface area contributed by atoms with Crippen molar-refractivity contribution < 1.29 is 28.7 Å². The van der Waals surface area contributed by atoms with Gasteiger partial charge in [-0.15, -0.1) is 0 Å². The minimum absolute atomic E-state index is 0.0258. The third-order valence-electron chi connectivity index (χ3n) is 2.47. The maximum atomic E-state index is 10.5. The molecule has 0 fully saturated rings. The van der Waals surface area contributed by atoms with E-state index >= 15 is 0 Å². The minimum atomic E-state index is -0.461. The summed E-state index contributed by atoms with van der Waals surface area (Å²) in [6.07, 6.45) is 0.689. The molecule has 0 heterocycles. The van der Waals surface area contributed by atoms with Crippen molar-refractivity contribution in [2.24, 2.45) is 0 Å². The third kappa shape index (κ3) is 8.30. The molecule has 0 N–H and O–H groups in total. The number of ether oxygens (including phenoxy) is 4. The highest BCUT2D eigenvalue weighted by molar-refractivity contribution is 5.50. The number of nitro benzene ring substituents is 1. The number of carbonyl (C=O) groups is 1. The van der Waals surface area contributed by atoms with Crippen molar-refractivity contribution in [3.63, 3.8) is 0 Å². The average molecular weight is 313 g/mol. The molecule has 0 amide bonds. The van der Waals surface area contributed by atoms with Crippen molar-refractivity contribution in [2.45, 2.75) is 0 Å². The number of rotatable bonds is 13.